The molecule has 0 saturated heterocycles. The van der Waals surface area contributed by atoms with E-state index >= 15 is 0 Å². The van der Waals surface area contributed by atoms with E-state index < -0.39 is 5.97 Å². The van der Waals surface area contributed by atoms with Crippen LogP contribution in [0.4, 0.5) is 0 Å². The van der Waals surface area contributed by atoms with E-state index in [9.17, 15) is 9.59 Å². The molecule has 0 aliphatic carbocycles. The second kappa shape index (κ2) is 8.74. The highest BCUT2D eigenvalue weighted by Crippen LogP contribution is 2.19. The molecule has 0 spiro atoms. The fourth-order valence-electron chi connectivity index (χ4n) is 1.58. The molecule has 5 nitrogen and oxygen atoms in total. The maximum absolute atomic E-state index is 11.5. The summed E-state index contributed by atoms with van der Waals surface area (Å²) in [6.07, 6.45) is 3.57. The van der Waals surface area contributed by atoms with Crippen molar-refractivity contribution in [2.24, 2.45) is 0 Å². The standard InChI is InChI=1S/C15H19NO4/c1-2-20-13-7-4-3-6-12(13)9-10-14(17)16-11-5-8-15(18)19/h3-4,6-7,9-10H,2,5,8,11H2,1H3,(H,16,17)(H,18,19)/b10-9+. The van der Waals surface area contributed by atoms with Gasteiger partial charge >= 0.3 is 5.97 Å². The Morgan fingerprint density at radius 1 is 1.35 bits per heavy atom. The van der Waals surface area contributed by atoms with E-state index in [-0.39, 0.29) is 12.3 Å². The molecule has 0 atom stereocenters. The van der Waals surface area contributed by atoms with Crippen molar-refractivity contribution < 1.29 is 19.4 Å². The normalized spacial score (nSPS) is 10.4. The van der Waals surface area contributed by atoms with Gasteiger partial charge in [-0.2, -0.15) is 0 Å². The van der Waals surface area contributed by atoms with Crippen molar-refractivity contribution in [3.05, 3.63) is 35.9 Å². The van der Waals surface area contributed by atoms with Crippen LogP contribution in [0, 0.1) is 0 Å². The van der Waals surface area contributed by atoms with Gasteiger partial charge in [0.25, 0.3) is 0 Å². The molecule has 0 unspecified atom stereocenters. The molecule has 0 bridgehead atoms. The Labute approximate surface area is 118 Å². The zero-order valence-corrected chi connectivity index (χ0v) is 11.5. The number of carbonyl (C=O) groups is 2. The van der Waals surface area contributed by atoms with Gasteiger partial charge in [0.05, 0.1) is 6.61 Å². The van der Waals surface area contributed by atoms with E-state index in [0.717, 1.165) is 11.3 Å². The molecule has 0 aliphatic rings. The molecular weight excluding hydrogens is 258 g/mol. The van der Waals surface area contributed by atoms with Crippen molar-refractivity contribution in [2.75, 3.05) is 13.2 Å². The van der Waals surface area contributed by atoms with Gasteiger partial charge in [0.2, 0.25) is 5.91 Å². The molecule has 0 radical (unpaired) electrons. The molecule has 0 aromatic heterocycles. The highest BCUT2D eigenvalue weighted by Gasteiger charge is 2.01. The summed E-state index contributed by atoms with van der Waals surface area (Å²) < 4.78 is 5.45. The van der Waals surface area contributed by atoms with Gasteiger partial charge in [-0.25, -0.2) is 0 Å². The topological polar surface area (TPSA) is 75.6 Å². The lowest BCUT2D eigenvalue weighted by Gasteiger charge is -2.06. The quantitative estimate of drug-likeness (QED) is 0.563. The molecule has 1 rings (SSSR count). The summed E-state index contributed by atoms with van der Waals surface area (Å²) in [7, 11) is 0. The minimum atomic E-state index is -0.861. The largest absolute Gasteiger partial charge is 0.493 e. The first-order valence-corrected chi connectivity index (χ1v) is 6.53. The molecule has 5 heteroatoms. The third kappa shape index (κ3) is 6.04. The predicted molar refractivity (Wildman–Crippen MR) is 76.5 cm³/mol. The van der Waals surface area contributed by atoms with Gasteiger partial charge in [-0.05, 0) is 25.5 Å². The average molecular weight is 277 g/mol. The molecule has 1 aromatic carbocycles. The summed E-state index contributed by atoms with van der Waals surface area (Å²) in [5.74, 6) is -0.382. The summed E-state index contributed by atoms with van der Waals surface area (Å²) in [6.45, 7) is 2.81. The van der Waals surface area contributed by atoms with Crippen molar-refractivity contribution in [1.82, 2.24) is 5.32 Å². The van der Waals surface area contributed by atoms with Crippen LogP contribution in [0.25, 0.3) is 6.08 Å². The highest BCUT2D eigenvalue weighted by atomic mass is 16.5. The SMILES string of the molecule is CCOc1ccccc1/C=C/C(=O)NCCCC(=O)O. The van der Waals surface area contributed by atoms with Gasteiger partial charge in [-0.3, -0.25) is 9.59 Å². The third-order valence-corrected chi connectivity index (χ3v) is 2.50. The Kier molecular flexibility index (Phi) is 6.89. The molecule has 20 heavy (non-hydrogen) atoms. The number of amides is 1. The third-order valence-electron chi connectivity index (χ3n) is 2.50. The zero-order valence-electron chi connectivity index (χ0n) is 11.5. The number of nitrogens with one attached hydrogen (secondary N) is 1. The number of carboxylic acid groups (broad SMARTS) is 1. The van der Waals surface area contributed by atoms with Crippen molar-refractivity contribution in [3.63, 3.8) is 0 Å². The molecule has 1 amide bonds. The number of hydrogen-bond acceptors (Lipinski definition) is 3. The van der Waals surface area contributed by atoms with E-state index in [4.69, 9.17) is 9.84 Å². The number of carboxylic acids is 1. The Hall–Kier alpha value is -2.30. The van der Waals surface area contributed by atoms with E-state index in [1.807, 2.05) is 31.2 Å². The average Bonchev–Trinajstić information content (AvgIpc) is 2.43. The molecule has 0 saturated carbocycles. The molecule has 0 heterocycles. The molecule has 2 N–H and O–H groups in total. The van der Waals surface area contributed by atoms with E-state index in [1.165, 1.54) is 6.08 Å². The molecular formula is C15H19NO4. The van der Waals surface area contributed by atoms with Crippen LogP contribution >= 0.6 is 0 Å². The molecule has 1 aromatic rings. The lowest BCUT2D eigenvalue weighted by atomic mass is 10.2. The first kappa shape index (κ1) is 15.8. The van der Waals surface area contributed by atoms with Gasteiger partial charge < -0.3 is 15.2 Å². The van der Waals surface area contributed by atoms with Gasteiger partial charge in [-0.1, -0.05) is 18.2 Å². The number of para-hydroxylation sites is 1. The molecule has 0 fully saturated rings. The van der Waals surface area contributed by atoms with Crippen molar-refractivity contribution in [2.45, 2.75) is 19.8 Å². The Balaban J connectivity index is 2.46. The Morgan fingerprint density at radius 3 is 2.80 bits per heavy atom. The fourth-order valence-corrected chi connectivity index (χ4v) is 1.58. The zero-order chi connectivity index (χ0) is 14.8. The summed E-state index contributed by atoms with van der Waals surface area (Å²) in [5.41, 5.74) is 0.829. The Bertz CT molecular complexity index is 483. The maximum Gasteiger partial charge on any atom is 0.303 e. The summed E-state index contributed by atoms with van der Waals surface area (Å²) in [5, 5.41) is 11.1. The number of benzene rings is 1. The minimum absolute atomic E-state index is 0.0527. The van der Waals surface area contributed by atoms with Crippen LogP contribution in [0.1, 0.15) is 25.3 Å². The molecule has 108 valence electrons. The number of ether oxygens (including phenoxy) is 1. The second-order valence-electron chi connectivity index (χ2n) is 4.09. The van der Waals surface area contributed by atoms with Crippen molar-refractivity contribution >= 4 is 18.0 Å². The van der Waals surface area contributed by atoms with Gasteiger partial charge in [-0.15, -0.1) is 0 Å². The first-order chi connectivity index (χ1) is 9.63. The lowest BCUT2D eigenvalue weighted by molar-refractivity contribution is -0.137. The van der Waals surface area contributed by atoms with Gasteiger partial charge in [0.15, 0.2) is 0 Å². The van der Waals surface area contributed by atoms with Crippen LogP contribution in [-0.2, 0) is 9.59 Å². The first-order valence-electron chi connectivity index (χ1n) is 6.53. The van der Waals surface area contributed by atoms with Crippen LogP contribution in [-0.4, -0.2) is 30.1 Å². The summed E-state index contributed by atoms with van der Waals surface area (Å²) in [6, 6.07) is 7.44. The highest BCUT2D eigenvalue weighted by molar-refractivity contribution is 5.92. The number of aliphatic carboxylic acids is 1. The minimum Gasteiger partial charge on any atom is -0.493 e. The Morgan fingerprint density at radius 2 is 2.10 bits per heavy atom. The number of carbonyl (C=O) groups excluding carboxylic acids is 1. The molecule has 0 aliphatic heterocycles. The van der Waals surface area contributed by atoms with Gasteiger partial charge in [0, 0.05) is 24.6 Å². The number of hydrogen-bond donors (Lipinski definition) is 2. The van der Waals surface area contributed by atoms with Crippen molar-refractivity contribution in [1.29, 1.82) is 0 Å². The smallest absolute Gasteiger partial charge is 0.303 e. The van der Waals surface area contributed by atoms with Crippen LogP contribution in [0.3, 0.4) is 0 Å². The van der Waals surface area contributed by atoms with Crippen molar-refractivity contribution in [3.8, 4) is 5.75 Å². The maximum atomic E-state index is 11.5. The lowest BCUT2D eigenvalue weighted by Crippen LogP contribution is -2.22. The number of rotatable bonds is 8. The summed E-state index contributed by atoms with van der Waals surface area (Å²) >= 11 is 0. The predicted octanol–water partition coefficient (Wildman–Crippen LogP) is 2.08. The van der Waals surface area contributed by atoms with Crippen LogP contribution in [0.5, 0.6) is 5.75 Å². The van der Waals surface area contributed by atoms with Gasteiger partial charge in [0.1, 0.15) is 5.75 Å². The fraction of sp³-hybridized carbons (Fsp3) is 0.333. The van der Waals surface area contributed by atoms with E-state index in [2.05, 4.69) is 5.32 Å². The van der Waals surface area contributed by atoms with Crippen LogP contribution in [0.15, 0.2) is 30.3 Å². The summed E-state index contributed by atoms with van der Waals surface area (Å²) in [4.78, 5) is 21.9. The van der Waals surface area contributed by atoms with E-state index in [1.54, 1.807) is 6.08 Å². The van der Waals surface area contributed by atoms with Crippen LogP contribution < -0.4 is 10.1 Å². The van der Waals surface area contributed by atoms with Crippen LogP contribution in [0.2, 0.25) is 0 Å². The second-order valence-corrected chi connectivity index (χ2v) is 4.09. The monoisotopic (exact) mass is 277 g/mol. The van der Waals surface area contributed by atoms with E-state index in [0.29, 0.717) is 19.6 Å².